The maximum atomic E-state index is 10.9. The van der Waals surface area contributed by atoms with E-state index in [9.17, 15) is 10.2 Å². The Kier molecular flexibility index (Phi) is 11.8. The van der Waals surface area contributed by atoms with Crippen LogP contribution in [-0.2, 0) is 20.1 Å². The van der Waals surface area contributed by atoms with Gasteiger partial charge >= 0.3 is 0 Å². The van der Waals surface area contributed by atoms with Crippen molar-refractivity contribution in [3.8, 4) is 11.3 Å². The molecule has 0 bridgehead atoms. The van der Waals surface area contributed by atoms with Gasteiger partial charge in [-0.05, 0) is 72.9 Å². The first-order valence-electron chi connectivity index (χ1n) is 14.3. The Bertz CT molecular complexity index is 1070. The van der Waals surface area contributed by atoms with Crippen molar-refractivity contribution >= 4 is 10.9 Å². The van der Waals surface area contributed by atoms with Crippen LogP contribution >= 0.6 is 0 Å². The summed E-state index contributed by atoms with van der Waals surface area (Å²) >= 11 is 0. The predicted octanol–water partition coefficient (Wildman–Crippen LogP) is 7.70. The van der Waals surface area contributed by atoms with Gasteiger partial charge in [0.1, 0.15) is 0 Å². The fourth-order valence-electron chi connectivity index (χ4n) is 6.93. The fraction of sp³-hybridized carbons (Fsp3) is 0.545. The summed E-state index contributed by atoms with van der Waals surface area (Å²) in [5.74, 6) is 2.20. The number of fused-ring (bicyclic) bond motifs is 2. The average Bonchev–Trinajstić information content (AvgIpc) is 2.92. The molecule has 1 radical (unpaired) electrons. The first kappa shape index (κ1) is 30.0. The monoisotopic (exact) mass is 679 g/mol. The number of hydrogen-bond donors (Lipinski definition) is 2. The number of benzene rings is 2. The molecule has 2 fully saturated rings. The molecule has 1 aromatic heterocycles. The Hall–Kier alpha value is -1.58. The van der Waals surface area contributed by atoms with Crippen molar-refractivity contribution in [2.24, 2.45) is 29.6 Å². The number of aliphatic hydroxyl groups excluding tert-OH is 2. The summed E-state index contributed by atoms with van der Waals surface area (Å²) in [6.45, 7) is 6.68. The normalized spacial score (nSPS) is 27.1. The minimum Gasteiger partial charge on any atom is -0.392 e. The third-order valence-corrected chi connectivity index (χ3v) is 8.93. The number of rotatable bonds is 6. The van der Waals surface area contributed by atoms with Crippen molar-refractivity contribution in [3.05, 3.63) is 66.7 Å². The van der Waals surface area contributed by atoms with Gasteiger partial charge in [0.15, 0.2) is 0 Å². The van der Waals surface area contributed by atoms with Crippen LogP contribution in [-0.4, -0.2) is 27.4 Å². The van der Waals surface area contributed by atoms with E-state index in [4.69, 9.17) is 0 Å². The average molecular weight is 679 g/mol. The van der Waals surface area contributed by atoms with Crippen molar-refractivity contribution in [2.75, 3.05) is 0 Å². The van der Waals surface area contributed by atoms with Gasteiger partial charge < -0.3 is 10.2 Å². The molecule has 2 aliphatic carbocycles. The number of aromatic nitrogens is 1. The van der Waals surface area contributed by atoms with Gasteiger partial charge in [0, 0.05) is 26.0 Å². The summed E-state index contributed by atoms with van der Waals surface area (Å²) in [7, 11) is 0. The van der Waals surface area contributed by atoms with Gasteiger partial charge in [0.2, 0.25) is 0 Å². The third kappa shape index (κ3) is 7.09. The Labute approximate surface area is 237 Å². The second-order valence-corrected chi connectivity index (χ2v) is 10.9. The first-order chi connectivity index (χ1) is 17.6. The summed E-state index contributed by atoms with van der Waals surface area (Å²) in [6, 6.07) is 23.4. The molecule has 0 spiro atoms. The standard InChI is InChI=1S/C18H34O2.C15H10N.Ir/c1-4-7-14-9-8-13-10-11-15(12(5-2)6-3)18(20)16(13)17(14)19;1-2-6-12(7-3-1)15-11-10-13-8-4-5-9-14(13)16-15;/h12-20H,4-11H2,1-3H3;1-6,8-11H;/q;-1;/t13?,14-,15-,16?,17?,18?;;/m0../s1. The zero-order valence-corrected chi connectivity index (χ0v) is 25.0. The van der Waals surface area contributed by atoms with Crippen LogP contribution in [0.3, 0.4) is 0 Å². The quantitative estimate of drug-likeness (QED) is 0.263. The van der Waals surface area contributed by atoms with E-state index in [-0.39, 0.29) is 38.2 Å². The van der Waals surface area contributed by atoms with Crippen molar-refractivity contribution in [2.45, 2.75) is 84.3 Å². The van der Waals surface area contributed by atoms with E-state index in [2.05, 4.69) is 44.0 Å². The molecule has 4 heteroatoms. The van der Waals surface area contributed by atoms with E-state index in [1.54, 1.807) is 0 Å². The number of pyridine rings is 1. The van der Waals surface area contributed by atoms with E-state index in [1.807, 2.05) is 48.5 Å². The second-order valence-electron chi connectivity index (χ2n) is 10.9. The van der Waals surface area contributed by atoms with Gasteiger partial charge in [-0.1, -0.05) is 70.4 Å². The van der Waals surface area contributed by atoms with Crippen LogP contribution in [0.1, 0.15) is 72.1 Å². The van der Waals surface area contributed by atoms with E-state index in [1.165, 1.54) is 31.1 Å². The number of hydrogen-bond acceptors (Lipinski definition) is 3. The molecule has 2 aliphatic rings. The van der Waals surface area contributed by atoms with Crippen molar-refractivity contribution < 1.29 is 30.3 Å². The molecular formula is C33H44IrNO2-. The molecule has 2 saturated carbocycles. The third-order valence-electron chi connectivity index (χ3n) is 8.93. The van der Waals surface area contributed by atoms with Crippen molar-refractivity contribution in [1.29, 1.82) is 0 Å². The van der Waals surface area contributed by atoms with E-state index < -0.39 is 0 Å². The molecule has 0 saturated heterocycles. The molecular weight excluding hydrogens is 635 g/mol. The molecule has 5 rings (SSSR count). The molecule has 2 aromatic carbocycles. The Morgan fingerprint density at radius 2 is 1.59 bits per heavy atom. The minimum atomic E-state index is -0.270. The SMILES string of the molecule is CCC[C@H]1CCC2CC[C@@H](C(CC)CC)C(O)C2C1O.[Ir].[c-]1ccccc1-c1ccc2ccccc2n1. The molecule has 6 atom stereocenters. The summed E-state index contributed by atoms with van der Waals surface area (Å²) in [5.41, 5.74) is 3.03. The van der Waals surface area contributed by atoms with Crippen LogP contribution in [0, 0.1) is 35.7 Å². The van der Waals surface area contributed by atoms with Crippen LogP contribution in [0.4, 0.5) is 0 Å². The second kappa shape index (κ2) is 14.5. The zero-order valence-electron chi connectivity index (χ0n) is 22.6. The van der Waals surface area contributed by atoms with Crippen molar-refractivity contribution in [3.63, 3.8) is 0 Å². The Morgan fingerprint density at radius 1 is 0.865 bits per heavy atom. The largest absolute Gasteiger partial charge is 0.392 e. The molecule has 37 heavy (non-hydrogen) atoms. The zero-order chi connectivity index (χ0) is 25.5. The Balaban J connectivity index is 0.000000204. The van der Waals surface area contributed by atoms with E-state index >= 15 is 0 Å². The molecule has 1 heterocycles. The summed E-state index contributed by atoms with van der Waals surface area (Å²) in [6.07, 6.45) is 8.82. The predicted molar refractivity (Wildman–Crippen MR) is 149 cm³/mol. The van der Waals surface area contributed by atoms with Crippen LogP contribution < -0.4 is 0 Å². The van der Waals surface area contributed by atoms with Crippen LogP contribution in [0.5, 0.6) is 0 Å². The number of nitrogens with zero attached hydrogens (tertiary/aromatic N) is 1. The van der Waals surface area contributed by atoms with Crippen molar-refractivity contribution in [1.82, 2.24) is 4.98 Å². The van der Waals surface area contributed by atoms with Crippen LogP contribution in [0.15, 0.2) is 60.7 Å². The van der Waals surface area contributed by atoms with Gasteiger partial charge in [-0.3, -0.25) is 4.98 Å². The van der Waals surface area contributed by atoms with E-state index in [0.717, 1.165) is 42.5 Å². The van der Waals surface area contributed by atoms with Gasteiger partial charge in [-0.2, -0.15) is 0 Å². The van der Waals surface area contributed by atoms with Crippen LogP contribution in [0.25, 0.3) is 22.2 Å². The summed E-state index contributed by atoms with van der Waals surface area (Å²) < 4.78 is 0. The molecule has 2 N–H and O–H groups in total. The van der Waals surface area contributed by atoms with Gasteiger partial charge in [0.25, 0.3) is 0 Å². The smallest absolute Gasteiger partial charge is 0.0626 e. The van der Waals surface area contributed by atoms with Crippen LogP contribution in [0.2, 0.25) is 0 Å². The van der Waals surface area contributed by atoms with Gasteiger partial charge in [-0.15, -0.1) is 35.9 Å². The van der Waals surface area contributed by atoms with Gasteiger partial charge in [-0.25, -0.2) is 0 Å². The van der Waals surface area contributed by atoms with E-state index in [0.29, 0.717) is 23.7 Å². The minimum absolute atomic E-state index is 0. The number of para-hydroxylation sites is 1. The summed E-state index contributed by atoms with van der Waals surface area (Å²) in [5, 5.41) is 22.8. The first-order valence-corrected chi connectivity index (χ1v) is 14.3. The Morgan fingerprint density at radius 3 is 2.30 bits per heavy atom. The van der Waals surface area contributed by atoms with Gasteiger partial charge in [0.05, 0.1) is 17.7 Å². The maximum absolute atomic E-state index is 10.9. The molecule has 4 unspecified atom stereocenters. The molecule has 203 valence electrons. The fourth-order valence-corrected chi connectivity index (χ4v) is 6.93. The maximum Gasteiger partial charge on any atom is 0.0626 e. The molecule has 3 aromatic rings. The molecule has 0 aliphatic heterocycles. The topological polar surface area (TPSA) is 53.4 Å². The summed E-state index contributed by atoms with van der Waals surface area (Å²) in [4.78, 5) is 4.61. The molecule has 3 nitrogen and oxygen atoms in total. The molecule has 0 amide bonds. The number of aliphatic hydroxyl groups is 2.